The van der Waals surface area contributed by atoms with Crippen LogP contribution in [-0.2, 0) is 16.5 Å². The molecule has 2 N–H and O–H groups in total. The molecule has 0 saturated heterocycles. The van der Waals surface area contributed by atoms with Gasteiger partial charge in [0, 0.05) is 5.92 Å². The van der Waals surface area contributed by atoms with Gasteiger partial charge in [-0.25, -0.2) is 0 Å². The van der Waals surface area contributed by atoms with E-state index in [1.54, 1.807) is 0 Å². The monoisotopic (exact) mass is 271 g/mol. The molecule has 104 valence electrons. The number of nitrogens with two attached hydrogens (primary N) is 1. The molecule has 0 amide bonds. The number of hydrogen-bond donors (Lipinski definition) is 1. The highest BCUT2D eigenvalue weighted by Crippen LogP contribution is 2.36. The highest BCUT2D eigenvalue weighted by atomic mass is 19.4. The quantitative estimate of drug-likeness (QED) is 0.852. The van der Waals surface area contributed by atoms with Crippen LogP contribution >= 0.6 is 0 Å². The van der Waals surface area contributed by atoms with Crippen molar-refractivity contribution in [3.05, 3.63) is 35.4 Å². The third-order valence-corrected chi connectivity index (χ3v) is 3.82. The van der Waals surface area contributed by atoms with Crippen molar-refractivity contribution in [2.45, 2.75) is 37.9 Å². The molecule has 5 heteroatoms. The molecule has 19 heavy (non-hydrogen) atoms. The number of rotatable bonds is 1. The molecule has 2 rings (SSSR count). The van der Waals surface area contributed by atoms with Gasteiger partial charge in [-0.1, -0.05) is 25.5 Å². The molecule has 1 aliphatic carbocycles. The fraction of sp³-hybridized carbons (Fsp3) is 0.500. The van der Waals surface area contributed by atoms with E-state index in [1.807, 2.05) is 6.92 Å². The zero-order valence-corrected chi connectivity index (χ0v) is 10.6. The Balaban J connectivity index is 2.33. The maximum absolute atomic E-state index is 12.5. The molecule has 1 aliphatic rings. The Hall–Kier alpha value is -1.36. The SMILES string of the molecule is CC1CCC[C@@](N)(c2ccc(C(F)(F)F)cc2)C1=O. The third kappa shape index (κ3) is 2.52. The molecule has 1 unspecified atom stereocenters. The summed E-state index contributed by atoms with van der Waals surface area (Å²) in [6.45, 7) is 1.81. The van der Waals surface area contributed by atoms with Gasteiger partial charge in [0.2, 0.25) is 0 Å². The molecule has 0 spiro atoms. The Morgan fingerprint density at radius 1 is 1.26 bits per heavy atom. The molecular formula is C14H16F3NO. The van der Waals surface area contributed by atoms with Gasteiger partial charge in [-0.3, -0.25) is 4.79 Å². The molecule has 1 aromatic carbocycles. The largest absolute Gasteiger partial charge is 0.416 e. The first-order valence-electron chi connectivity index (χ1n) is 6.26. The van der Waals surface area contributed by atoms with E-state index in [0.717, 1.165) is 25.0 Å². The summed E-state index contributed by atoms with van der Waals surface area (Å²) >= 11 is 0. The van der Waals surface area contributed by atoms with E-state index in [2.05, 4.69) is 0 Å². The van der Waals surface area contributed by atoms with Crippen molar-refractivity contribution in [2.24, 2.45) is 11.7 Å². The molecule has 2 nitrogen and oxygen atoms in total. The highest BCUT2D eigenvalue weighted by Gasteiger charge is 2.41. The van der Waals surface area contributed by atoms with E-state index in [1.165, 1.54) is 12.1 Å². The first kappa shape index (κ1) is 14.1. The van der Waals surface area contributed by atoms with Crippen LogP contribution in [-0.4, -0.2) is 5.78 Å². The molecule has 0 aromatic heterocycles. The summed E-state index contributed by atoms with van der Waals surface area (Å²) < 4.78 is 37.5. The fourth-order valence-corrected chi connectivity index (χ4v) is 2.62. The number of benzene rings is 1. The van der Waals surface area contributed by atoms with E-state index in [0.29, 0.717) is 12.0 Å². The van der Waals surface area contributed by atoms with Crippen molar-refractivity contribution < 1.29 is 18.0 Å². The van der Waals surface area contributed by atoms with Gasteiger partial charge < -0.3 is 5.73 Å². The van der Waals surface area contributed by atoms with E-state index in [4.69, 9.17) is 5.73 Å². The molecule has 0 heterocycles. The Morgan fingerprint density at radius 2 is 1.84 bits per heavy atom. The van der Waals surface area contributed by atoms with E-state index >= 15 is 0 Å². The number of carbonyl (C=O) groups is 1. The smallest absolute Gasteiger partial charge is 0.315 e. The molecule has 0 aliphatic heterocycles. The van der Waals surface area contributed by atoms with Gasteiger partial charge in [0.15, 0.2) is 5.78 Å². The lowest BCUT2D eigenvalue weighted by atomic mass is 9.72. The zero-order chi connectivity index (χ0) is 14.3. The number of Topliss-reactive ketones (excluding diaryl/α,β-unsaturated/α-hetero) is 1. The Labute approximate surface area is 109 Å². The summed E-state index contributed by atoms with van der Waals surface area (Å²) in [7, 11) is 0. The van der Waals surface area contributed by atoms with Crippen LogP contribution in [0.3, 0.4) is 0 Å². The van der Waals surface area contributed by atoms with Gasteiger partial charge in [-0.2, -0.15) is 13.2 Å². The number of ketones is 1. The number of hydrogen-bond acceptors (Lipinski definition) is 2. The lowest BCUT2D eigenvalue weighted by molar-refractivity contribution is -0.137. The van der Waals surface area contributed by atoms with Crippen molar-refractivity contribution in [3.63, 3.8) is 0 Å². The van der Waals surface area contributed by atoms with E-state index < -0.39 is 17.3 Å². The summed E-state index contributed by atoms with van der Waals surface area (Å²) in [5.41, 5.74) is 4.75. The first-order chi connectivity index (χ1) is 8.75. The summed E-state index contributed by atoms with van der Waals surface area (Å²) in [6.07, 6.45) is -2.28. The lowest BCUT2D eigenvalue weighted by Crippen LogP contribution is -2.50. The maximum atomic E-state index is 12.5. The second kappa shape index (κ2) is 4.63. The minimum atomic E-state index is -4.37. The van der Waals surface area contributed by atoms with Crippen LogP contribution in [0, 0.1) is 5.92 Å². The van der Waals surface area contributed by atoms with Gasteiger partial charge in [-0.05, 0) is 30.5 Å². The molecule has 0 radical (unpaired) electrons. The Morgan fingerprint density at radius 3 is 2.37 bits per heavy atom. The Bertz CT molecular complexity index is 480. The lowest BCUT2D eigenvalue weighted by Gasteiger charge is -2.35. The van der Waals surface area contributed by atoms with Crippen molar-refractivity contribution in [3.8, 4) is 0 Å². The van der Waals surface area contributed by atoms with Gasteiger partial charge >= 0.3 is 6.18 Å². The number of alkyl halides is 3. The Kier molecular flexibility index (Phi) is 3.43. The summed E-state index contributed by atoms with van der Waals surface area (Å²) in [5, 5.41) is 0. The van der Waals surface area contributed by atoms with E-state index in [9.17, 15) is 18.0 Å². The molecule has 1 fully saturated rings. The van der Waals surface area contributed by atoms with Crippen LogP contribution < -0.4 is 5.73 Å². The van der Waals surface area contributed by atoms with Gasteiger partial charge in [0.25, 0.3) is 0 Å². The van der Waals surface area contributed by atoms with Crippen molar-refractivity contribution in [1.82, 2.24) is 0 Å². The second-order valence-electron chi connectivity index (χ2n) is 5.20. The van der Waals surface area contributed by atoms with Crippen molar-refractivity contribution in [1.29, 1.82) is 0 Å². The van der Waals surface area contributed by atoms with Gasteiger partial charge in [0.1, 0.15) is 5.54 Å². The van der Waals surface area contributed by atoms with Crippen molar-refractivity contribution >= 4 is 5.78 Å². The molecule has 0 bridgehead atoms. The summed E-state index contributed by atoms with van der Waals surface area (Å²) in [4.78, 5) is 12.2. The standard InChI is InChI=1S/C14H16F3NO/c1-9-3-2-8-13(18,12(9)19)10-4-6-11(7-5-10)14(15,16)17/h4-7,9H,2-3,8,18H2,1H3/t9?,13-/m1/s1. The average Bonchev–Trinajstić information content (AvgIpc) is 2.35. The van der Waals surface area contributed by atoms with Crippen LogP contribution in [0.15, 0.2) is 24.3 Å². The van der Waals surface area contributed by atoms with Crippen LogP contribution in [0.5, 0.6) is 0 Å². The summed E-state index contributed by atoms with van der Waals surface area (Å²) in [6, 6.07) is 4.60. The highest BCUT2D eigenvalue weighted by molar-refractivity contribution is 5.91. The third-order valence-electron chi connectivity index (χ3n) is 3.82. The fourth-order valence-electron chi connectivity index (χ4n) is 2.62. The van der Waals surface area contributed by atoms with Crippen LogP contribution in [0.2, 0.25) is 0 Å². The molecule has 1 saturated carbocycles. The topological polar surface area (TPSA) is 43.1 Å². The van der Waals surface area contributed by atoms with Crippen molar-refractivity contribution in [2.75, 3.05) is 0 Å². The van der Waals surface area contributed by atoms with Crippen LogP contribution in [0.4, 0.5) is 13.2 Å². The minimum absolute atomic E-state index is 0.0847. The predicted molar refractivity (Wildman–Crippen MR) is 65.3 cm³/mol. The van der Waals surface area contributed by atoms with Crippen LogP contribution in [0.25, 0.3) is 0 Å². The zero-order valence-electron chi connectivity index (χ0n) is 10.6. The molecular weight excluding hydrogens is 255 g/mol. The van der Waals surface area contributed by atoms with Gasteiger partial charge in [0.05, 0.1) is 5.56 Å². The van der Waals surface area contributed by atoms with Crippen LogP contribution in [0.1, 0.15) is 37.3 Å². The average molecular weight is 271 g/mol. The maximum Gasteiger partial charge on any atom is 0.416 e. The second-order valence-corrected chi connectivity index (χ2v) is 5.20. The normalized spacial score (nSPS) is 28.5. The molecule has 2 atom stereocenters. The van der Waals surface area contributed by atoms with Gasteiger partial charge in [-0.15, -0.1) is 0 Å². The number of carbonyl (C=O) groups excluding carboxylic acids is 1. The predicted octanol–water partition coefficient (Wildman–Crippen LogP) is 3.25. The first-order valence-corrected chi connectivity index (χ1v) is 6.26. The summed E-state index contributed by atoms with van der Waals surface area (Å²) in [5.74, 6) is -0.223. The molecule has 1 aromatic rings. The number of halogens is 3. The van der Waals surface area contributed by atoms with E-state index in [-0.39, 0.29) is 11.7 Å². The minimum Gasteiger partial charge on any atom is -0.315 e.